The zero-order valence-electron chi connectivity index (χ0n) is 12.0. The van der Waals surface area contributed by atoms with E-state index >= 15 is 0 Å². The van der Waals surface area contributed by atoms with Gasteiger partial charge >= 0.3 is 6.18 Å². The highest BCUT2D eigenvalue weighted by molar-refractivity contribution is 5.77. The van der Waals surface area contributed by atoms with Crippen molar-refractivity contribution in [3.8, 4) is 5.75 Å². The fraction of sp³-hybridized carbons (Fsp3) is 0.500. The summed E-state index contributed by atoms with van der Waals surface area (Å²) in [4.78, 5) is 12.9. The molecule has 1 amide bonds. The van der Waals surface area contributed by atoms with Crippen molar-refractivity contribution >= 4 is 5.91 Å². The van der Waals surface area contributed by atoms with Gasteiger partial charge in [0.1, 0.15) is 18.9 Å². The van der Waals surface area contributed by atoms with E-state index in [1.165, 1.54) is 0 Å². The van der Waals surface area contributed by atoms with Crippen molar-refractivity contribution in [2.24, 2.45) is 0 Å². The normalized spacial score (nSPS) is 11.5. The number of carbonyl (C=O) groups excluding carboxylic acids is 1. The van der Waals surface area contributed by atoms with E-state index in [4.69, 9.17) is 4.74 Å². The Morgan fingerprint density at radius 2 is 1.90 bits per heavy atom. The van der Waals surface area contributed by atoms with Gasteiger partial charge in [0.15, 0.2) is 0 Å². The van der Waals surface area contributed by atoms with Gasteiger partial charge in [-0.3, -0.25) is 9.69 Å². The first kappa shape index (κ1) is 17.3. The van der Waals surface area contributed by atoms with E-state index in [1.807, 2.05) is 36.5 Å². The van der Waals surface area contributed by atoms with Gasteiger partial charge in [0.25, 0.3) is 0 Å². The maximum Gasteiger partial charge on any atom is 0.405 e. The quantitative estimate of drug-likeness (QED) is 0.837. The SMILES string of the molecule is Cc1ccc(OCCN(C)CC(=O)NCC(F)(F)F)cc1. The van der Waals surface area contributed by atoms with Gasteiger partial charge in [-0.25, -0.2) is 0 Å². The average molecular weight is 304 g/mol. The van der Waals surface area contributed by atoms with Crippen LogP contribution in [0.1, 0.15) is 5.56 Å². The number of ether oxygens (including phenoxy) is 1. The number of carbonyl (C=O) groups is 1. The molecule has 0 fully saturated rings. The third kappa shape index (κ3) is 8.19. The zero-order valence-corrected chi connectivity index (χ0v) is 12.0. The van der Waals surface area contributed by atoms with Crippen LogP contribution in [0.15, 0.2) is 24.3 Å². The molecule has 0 aromatic heterocycles. The second kappa shape index (κ2) is 7.87. The van der Waals surface area contributed by atoms with Crippen LogP contribution in [0.2, 0.25) is 0 Å². The molecule has 0 aliphatic carbocycles. The number of likely N-dealkylation sites (N-methyl/N-ethyl adjacent to an activating group) is 1. The molecule has 1 N–H and O–H groups in total. The summed E-state index contributed by atoms with van der Waals surface area (Å²) in [5.74, 6) is 0.0562. The van der Waals surface area contributed by atoms with Crippen LogP contribution < -0.4 is 10.1 Å². The van der Waals surface area contributed by atoms with E-state index in [9.17, 15) is 18.0 Å². The first-order valence-electron chi connectivity index (χ1n) is 6.48. The molecule has 0 saturated heterocycles. The van der Waals surface area contributed by atoms with Crippen molar-refractivity contribution in [1.29, 1.82) is 0 Å². The Kier molecular flexibility index (Phi) is 6.48. The summed E-state index contributed by atoms with van der Waals surface area (Å²) in [6.07, 6.45) is -4.39. The maximum absolute atomic E-state index is 11.9. The highest BCUT2D eigenvalue weighted by Crippen LogP contribution is 2.12. The minimum Gasteiger partial charge on any atom is -0.492 e. The third-order valence-electron chi connectivity index (χ3n) is 2.66. The fourth-order valence-electron chi connectivity index (χ4n) is 1.53. The summed E-state index contributed by atoms with van der Waals surface area (Å²) in [5, 5.41) is 1.82. The predicted molar refractivity (Wildman–Crippen MR) is 73.2 cm³/mol. The average Bonchev–Trinajstić information content (AvgIpc) is 2.38. The minimum absolute atomic E-state index is 0.104. The van der Waals surface area contributed by atoms with Gasteiger partial charge in [0.2, 0.25) is 5.91 Å². The van der Waals surface area contributed by atoms with E-state index in [1.54, 1.807) is 11.9 Å². The number of halogens is 3. The van der Waals surface area contributed by atoms with Gasteiger partial charge in [0.05, 0.1) is 6.54 Å². The summed E-state index contributed by atoms with van der Waals surface area (Å²) in [6, 6.07) is 7.52. The van der Waals surface area contributed by atoms with E-state index in [0.717, 1.165) is 11.3 Å². The third-order valence-corrected chi connectivity index (χ3v) is 2.66. The molecule has 0 aliphatic heterocycles. The molecule has 1 aromatic carbocycles. The van der Waals surface area contributed by atoms with Crippen LogP contribution in [0, 0.1) is 6.92 Å². The van der Waals surface area contributed by atoms with Gasteiger partial charge < -0.3 is 10.1 Å². The van der Waals surface area contributed by atoms with Crippen LogP contribution >= 0.6 is 0 Å². The number of rotatable bonds is 7. The molecule has 0 bridgehead atoms. The molecule has 21 heavy (non-hydrogen) atoms. The fourth-order valence-corrected chi connectivity index (χ4v) is 1.53. The summed E-state index contributed by atoms with van der Waals surface area (Å²) >= 11 is 0. The molecule has 7 heteroatoms. The molecule has 0 atom stereocenters. The van der Waals surface area contributed by atoms with Crippen LogP contribution in [-0.2, 0) is 4.79 Å². The van der Waals surface area contributed by atoms with E-state index in [2.05, 4.69) is 0 Å². The van der Waals surface area contributed by atoms with E-state index in [-0.39, 0.29) is 6.54 Å². The Hall–Kier alpha value is -1.76. The Labute approximate surface area is 121 Å². The molecule has 0 unspecified atom stereocenters. The van der Waals surface area contributed by atoms with Crippen LogP contribution in [-0.4, -0.2) is 50.3 Å². The first-order valence-corrected chi connectivity index (χ1v) is 6.48. The number of alkyl halides is 3. The van der Waals surface area contributed by atoms with Crippen molar-refractivity contribution < 1.29 is 22.7 Å². The number of nitrogens with one attached hydrogen (secondary N) is 1. The molecule has 1 aromatic rings. The second-order valence-corrected chi connectivity index (χ2v) is 4.79. The number of amides is 1. The van der Waals surface area contributed by atoms with Crippen molar-refractivity contribution in [1.82, 2.24) is 10.2 Å². The van der Waals surface area contributed by atoms with Crippen molar-refractivity contribution in [3.63, 3.8) is 0 Å². The highest BCUT2D eigenvalue weighted by Gasteiger charge is 2.27. The molecule has 0 aliphatic rings. The molecule has 0 radical (unpaired) electrons. The molecular weight excluding hydrogens is 285 g/mol. The van der Waals surface area contributed by atoms with Crippen molar-refractivity contribution in [3.05, 3.63) is 29.8 Å². The van der Waals surface area contributed by atoms with Gasteiger partial charge in [-0.15, -0.1) is 0 Å². The van der Waals surface area contributed by atoms with E-state index < -0.39 is 18.6 Å². The molecule has 1 rings (SSSR count). The van der Waals surface area contributed by atoms with Crippen LogP contribution in [0.4, 0.5) is 13.2 Å². The summed E-state index contributed by atoms with van der Waals surface area (Å²) in [6.45, 7) is 1.35. The van der Waals surface area contributed by atoms with Gasteiger partial charge in [-0.1, -0.05) is 17.7 Å². The van der Waals surface area contributed by atoms with E-state index in [0.29, 0.717) is 13.2 Å². The second-order valence-electron chi connectivity index (χ2n) is 4.79. The van der Waals surface area contributed by atoms with Crippen molar-refractivity contribution in [2.45, 2.75) is 13.1 Å². The van der Waals surface area contributed by atoms with Crippen molar-refractivity contribution in [2.75, 3.05) is 33.3 Å². The Bertz CT molecular complexity index is 447. The largest absolute Gasteiger partial charge is 0.492 e. The predicted octanol–water partition coefficient (Wildman–Crippen LogP) is 1.98. The van der Waals surface area contributed by atoms with Gasteiger partial charge in [0, 0.05) is 6.54 Å². The minimum atomic E-state index is -4.39. The van der Waals surface area contributed by atoms with Gasteiger partial charge in [-0.2, -0.15) is 13.2 Å². The van der Waals surface area contributed by atoms with Crippen LogP contribution in [0.5, 0.6) is 5.75 Å². The molecule has 0 heterocycles. The number of hydrogen-bond acceptors (Lipinski definition) is 3. The van der Waals surface area contributed by atoms with Gasteiger partial charge in [-0.05, 0) is 26.1 Å². The number of benzene rings is 1. The number of aryl methyl sites for hydroxylation is 1. The lowest BCUT2D eigenvalue weighted by Gasteiger charge is -2.17. The number of hydrogen-bond donors (Lipinski definition) is 1. The summed E-state index contributed by atoms with van der Waals surface area (Å²) < 4.78 is 41.2. The Balaban J connectivity index is 2.20. The molecular formula is C14H19F3N2O2. The van der Waals surface area contributed by atoms with Crippen LogP contribution in [0.3, 0.4) is 0 Å². The molecule has 118 valence electrons. The topological polar surface area (TPSA) is 41.6 Å². The first-order chi connectivity index (χ1) is 9.76. The van der Waals surface area contributed by atoms with Crippen LogP contribution in [0.25, 0.3) is 0 Å². The Morgan fingerprint density at radius 3 is 2.48 bits per heavy atom. The monoisotopic (exact) mass is 304 g/mol. The lowest BCUT2D eigenvalue weighted by molar-refractivity contribution is -0.138. The zero-order chi connectivity index (χ0) is 15.9. The molecule has 0 saturated carbocycles. The molecule has 4 nitrogen and oxygen atoms in total. The summed E-state index contributed by atoms with van der Waals surface area (Å²) in [7, 11) is 1.64. The maximum atomic E-state index is 11.9. The number of nitrogens with zero attached hydrogens (tertiary/aromatic N) is 1. The smallest absolute Gasteiger partial charge is 0.405 e. The summed E-state index contributed by atoms with van der Waals surface area (Å²) in [5.41, 5.74) is 1.13. The lowest BCUT2D eigenvalue weighted by Crippen LogP contribution is -2.40. The Morgan fingerprint density at radius 1 is 1.29 bits per heavy atom. The highest BCUT2D eigenvalue weighted by atomic mass is 19.4. The standard InChI is InChI=1S/C14H19F3N2O2/c1-11-3-5-12(6-4-11)21-8-7-19(2)9-13(20)18-10-14(15,16)17/h3-6H,7-10H2,1-2H3,(H,18,20). The lowest BCUT2D eigenvalue weighted by atomic mass is 10.2. The molecule has 0 spiro atoms.